The summed E-state index contributed by atoms with van der Waals surface area (Å²) in [6.07, 6.45) is 2.50. The Bertz CT molecular complexity index is 1270. The number of benzene rings is 2. The van der Waals surface area contributed by atoms with E-state index < -0.39 is 23.9 Å². The molecule has 1 heterocycles. The van der Waals surface area contributed by atoms with Gasteiger partial charge in [-0.25, -0.2) is 9.78 Å². The van der Waals surface area contributed by atoms with E-state index in [1.165, 1.54) is 6.33 Å². The first kappa shape index (κ1) is 24.2. The van der Waals surface area contributed by atoms with Crippen LogP contribution in [-0.4, -0.2) is 50.6 Å². The van der Waals surface area contributed by atoms with Gasteiger partial charge in [0.1, 0.15) is 6.04 Å². The number of carboxylic acid groups (broad SMARTS) is 2. The van der Waals surface area contributed by atoms with E-state index in [2.05, 4.69) is 21.9 Å². The molecule has 3 aromatic rings. The Hall–Kier alpha value is -4.47. The first-order valence-corrected chi connectivity index (χ1v) is 10.5. The highest BCUT2D eigenvalue weighted by Gasteiger charge is 2.21. The van der Waals surface area contributed by atoms with Gasteiger partial charge in [-0.05, 0) is 48.4 Å². The van der Waals surface area contributed by atoms with Crippen LogP contribution in [0.4, 0.5) is 5.69 Å². The van der Waals surface area contributed by atoms with Crippen molar-refractivity contribution < 1.29 is 24.6 Å². The van der Waals surface area contributed by atoms with Crippen molar-refractivity contribution in [2.45, 2.75) is 25.4 Å². The van der Waals surface area contributed by atoms with Gasteiger partial charge in [-0.15, -0.1) is 6.58 Å². The van der Waals surface area contributed by atoms with E-state index in [1.54, 1.807) is 42.5 Å². The molecule has 0 aliphatic rings. The van der Waals surface area contributed by atoms with Gasteiger partial charge in [-0.1, -0.05) is 12.1 Å². The molecule has 10 nitrogen and oxygen atoms in total. The average Bonchev–Trinajstić information content (AvgIpc) is 2.81. The van der Waals surface area contributed by atoms with Crippen LogP contribution in [0.15, 0.2) is 66.2 Å². The Morgan fingerprint density at radius 2 is 1.88 bits per heavy atom. The molecule has 2 aromatic carbocycles. The van der Waals surface area contributed by atoms with E-state index in [4.69, 9.17) is 5.11 Å². The normalized spacial score (nSPS) is 11.5. The Kier molecular flexibility index (Phi) is 7.75. The molecule has 0 unspecified atom stereocenters. The standard InChI is InChI=1S/C24H24N4O6/c1-2-11-28(13-15-3-8-19-18(12-15)23(32)26-14-25-19)17-6-4-16(5-7-17)22(31)27-20(24(33)34)9-10-21(29)30/h2-8,12,14,20H,1,9-11,13H2,(H,27,31)(H,29,30)(H,33,34)(H,25,26,32)/t20-/m0/s1. The Morgan fingerprint density at radius 3 is 2.53 bits per heavy atom. The molecule has 4 N–H and O–H groups in total. The molecule has 0 aliphatic heterocycles. The van der Waals surface area contributed by atoms with Crippen LogP contribution in [0.1, 0.15) is 28.8 Å². The third-order valence-electron chi connectivity index (χ3n) is 5.17. The Balaban J connectivity index is 1.75. The fraction of sp³-hybridized carbons (Fsp3) is 0.208. The quantitative estimate of drug-likeness (QED) is 0.315. The second-order valence-electron chi connectivity index (χ2n) is 7.60. The number of aromatic amines is 1. The molecule has 0 radical (unpaired) electrons. The van der Waals surface area contributed by atoms with Gasteiger partial charge in [0, 0.05) is 30.8 Å². The van der Waals surface area contributed by atoms with Gasteiger partial charge in [-0.2, -0.15) is 0 Å². The minimum Gasteiger partial charge on any atom is -0.481 e. The van der Waals surface area contributed by atoms with Crippen LogP contribution in [0.2, 0.25) is 0 Å². The molecule has 0 bridgehead atoms. The van der Waals surface area contributed by atoms with Crippen LogP contribution in [0.25, 0.3) is 10.9 Å². The predicted molar refractivity (Wildman–Crippen MR) is 126 cm³/mol. The minimum absolute atomic E-state index is 0.217. The van der Waals surface area contributed by atoms with Gasteiger partial charge >= 0.3 is 11.9 Å². The zero-order valence-corrected chi connectivity index (χ0v) is 18.2. The Morgan fingerprint density at radius 1 is 1.15 bits per heavy atom. The number of rotatable bonds is 11. The number of amides is 1. The SMILES string of the molecule is C=CCN(Cc1ccc2nc[nH]c(=O)c2c1)c1ccc(C(=O)N[C@@H](CCC(=O)O)C(=O)O)cc1. The maximum absolute atomic E-state index is 12.5. The van der Waals surface area contributed by atoms with Gasteiger partial charge in [0.05, 0.1) is 17.2 Å². The predicted octanol–water partition coefficient (Wildman–Crippen LogP) is 2.16. The third kappa shape index (κ3) is 6.06. The third-order valence-corrected chi connectivity index (χ3v) is 5.17. The van der Waals surface area contributed by atoms with Crippen LogP contribution in [0.5, 0.6) is 0 Å². The number of carbonyl (C=O) groups excluding carboxylic acids is 1. The van der Waals surface area contributed by atoms with Crippen LogP contribution in [0.3, 0.4) is 0 Å². The van der Waals surface area contributed by atoms with Crippen molar-refractivity contribution >= 4 is 34.4 Å². The molecular formula is C24H24N4O6. The molecule has 0 spiro atoms. The number of anilines is 1. The highest BCUT2D eigenvalue weighted by Crippen LogP contribution is 2.20. The summed E-state index contributed by atoms with van der Waals surface area (Å²) in [5.74, 6) is -3.05. The number of nitrogens with one attached hydrogen (secondary N) is 2. The van der Waals surface area contributed by atoms with E-state index >= 15 is 0 Å². The van der Waals surface area contributed by atoms with Crippen molar-refractivity contribution in [3.8, 4) is 0 Å². The Labute approximate surface area is 194 Å². The summed E-state index contributed by atoms with van der Waals surface area (Å²) in [4.78, 5) is 55.3. The smallest absolute Gasteiger partial charge is 0.326 e. The van der Waals surface area contributed by atoms with Gasteiger partial charge in [0.25, 0.3) is 11.5 Å². The summed E-state index contributed by atoms with van der Waals surface area (Å²) in [6.45, 7) is 4.76. The molecule has 1 amide bonds. The number of nitrogens with zero attached hydrogens (tertiary/aromatic N) is 2. The van der Waals surface area contributed by atoms with E-state index in [9.17, 15) is 24.3 Å². The fourth-order valence-electron chi connectivity index (χ4n) is 3.44. The van der Waals surface area contributed by atoms with Gasteiger partial charge in [0.2, 0.25) is 0 Å². The number of aromatic nitrogens is 2. The minimum atomic E-state index is -1.30. The maximum atomic E-state index is 12.5. The van der Waals surface area contributed by atoms with E-state index in [0.717, 1.165) is 11.3 Å². The van der Waals surface area contributed by atoms with Gasteiger partial charge in [0.15, 0.2) is 0 Å². The van der Waals surface area contributed by atoms with Crippen molar-refractivity contribution in [3.05, 3.63) is 82.9 Å². The number of fused-ring (bicyclic) bond motifs is 1. The van der Waals surface area contributed by atoms with Gasteiger partial charge in [-0.3, -0.25) is 14.4 Å². The topological polar surface area (TPSA) is 153 Å². The van der Waals surface area contributed by atoms with Crippen LogP contribution < -0.4 is 15.8 Å². The molecular weight excluding hydrogens is 440 g/mol. The second kappa shape index (κ2) is 10.9. The van der Waals surface area contributed by atoms with Crippen molar-refractivity contribution in [3.63, 3.8) is 0 Å². The number of carbonyl (C=O) groups is 3. The first-order valence-electron chi connectivity index (χ1n) is 10.5. The lowest BCUT2D eigenvalue weighted by atomic mass is 10.1. The molecule has 0 saturated heterocycles. The zero-order valence-electron chi connectivity index (χ0n) is 18.2. The summed E-state index contributed by atoms with van der Waals surface area (Å²) >= 11 is 0. The van der Waals surface area contributed by atoms with Crippen LogP contribution in [-0.2, 0) is 16.1 Å². The van der Waals surface area contributed by atoms with Crippen molar-refractivity contribution in [2.75, 3.05) is 11.4 Å². The van der Waals surface area contributed by atoms with Crippen molar-refractivity contribution in [2.24, 2.45) is 0 Å². The molecule has 0 fully saturated rings. The lowest BCUT2D eigenvalue weighted by Gasteiger charge is -2.24. The zero-order chi connectivity index (χ0) is 24.7. The highest BCUT2D eigenvalue weighted by molar-refractivity contribution is 5.97. The molecule has 0 aliphatic carbocycles. The largest absolute Gasteiger partial charge is 0.481 e. The van der Waals surface area contributed by atoms with Crippen molar-refractivity contribution in [1.82, 2.24) is 15.3 Å². The lowest BCUT2D eigenvalue weighted by Crippen LogP contribution is -2.41. The number of hydrogen-bond acceptors (Lipinski definition) is 6. The monoisotopic (exact) mass is 464 g/mol. The van der Waals surface area contributed by atoms with Crippen LogP contribution >= 0.6 is 0 Å². The summed E-state index contributed by atoms with van der Waals surface area (Å²) in [5, 5.41) is 20.8. The summed E-state index contributed by atoms with van der Waals surface area (Å²) in [6, 6.07) is 10.7. The van der Waals surface area contributed by atoms with E-state index in [0.29, 0.717) is 24.0 Å². The maximum Gasteiger partial charge on any atom is 0.326 e. The van der Waals surface area contributed by atoms with Gasteiger partial charge < -0.3 is 25.4 Å². The molecule has 3 rings (SSSR count). The van der Waals surface area contributed by atoms with Crippen LogP contribution in [0, 0.1) is 0 Å². The highest BCUT2D eigenvalue weighted by atomic mass is 16.4. The lowest BCUT2D eigenvalue weighted by molar-refractivity contribution is -0.140. The van der Waals surface area contributed by atoms with E-state index in [1.807, 2.05) is 11.0 Å². The molecule has 0 saturated carbocycles. The number of H-pyrrole nitrogens is 1. The summed E-state index contributed by atoms with van der Waals surface area (Å²) < 4.78 is 0. The molecule has 1 atom stereocenters. The fourth-order valence-corrected chi connectivity index (χ4v) is 3.44. The van der Waals surface area contributed by atoms with Crippen molar-refractivity contribution in [1.29, 1.82) is 0 Å². The number of aliphatic carboxylic acids is 2. The summed E-state index contributed by atoms with van der Waals surface area (Å²) in [7, 11) is 0. The molecule has 10 heteroatoms. The second-order valence-corrected chi connectivity index (χ2v) is 7.60. The first-order chi connectivity index (χ1) is 16.3. The molecule has 176 valence electrons. The molecule has 34 heavy (non-hydrogen) atoms. The number of carboxylic acids is 2. The molecule has 1 aromatic heterocycles. The average molecular weight is 464 g/mol. The summed E-state index contributed by atoms with van der Waals surface area (Å²) in [5.41, 5.74) is 2.29. The van der Waals surface area contributed by atoms with E-state index in [-0.39, 0.29) is 24.0 Å². The number of hydrogen-bond donors (Lipinski definition) is 4.